The van der Waals surface area contributed by atoms with Gasteiger partial charge in [-0.3, -0.25) is 4.79 Å². The maximum absolute atomic E-state index is 13.3. The lowest BCUT2D eigenvalue weighted by molar-refractivity contribution is 0.0694. The van der Waals surface area contributed by atoms with Gasteiger partial charge in [-0.2, -0.15) is 0 Å². The summed E-state index contributed by atoms with van der Waals surface area (Å²) < 4.78 is 14.4. The van der Waals surface area contributed by atoms with Crippen LogP contribution in [0.4, 0.5) is 4.39 Å². The Balaban J connectivity index is 2.45. The van der Waals surface area contributed by atoms with Crippen molar-refractivity contribution in [2.24, 2.45) is 0 Å². The van der Waals surface area contributed by atoms with Crippen LogP contribution in [0.5, 0.6) is 0 Å². The van der Waals surface area contributed by atoms with Gasteiger partial charge in [-0.25, -0.2) is 9.18 Å². The van der Waals surface area contributed by atoms with Gasteiger partial charge < -0.3 is 9.67 Å². The fourth-order valence-corrected chi connectivity index (χ4v) is 1.86. The van der Waals surface area contributed by atoms with Gasteiger partial charge in [0.05, 0.1) is 11.6 Å². The van der Waals surface area contributed by atoms with Crippen molar-refractivity contribution in [2.45, 2.75) is 6.54 Å². The standard InChI is InChI=1S/C13H9ClFNO3/c14-11-8(3-1-5-10(11)15)7-16-6-2-4-9(12(16)17)13(18)19/h1-6H,7H2,(H,18,19). The van der Waals surface area contributed by atoms with E-state index in [1.165, 1.54) is 35.0 Å². The van der Waals surface area contributed by atoms with E-state index < -0.39 is 17.3 Å². The third kappa shape index (κ3) is 2.66. The van der Waals surface area contributed by atoms with Crippen LogP contribution in [-0.2, 0) is 6.54 Å². The van der Waals surface area contributed by atoms with Gasteiger partial charge in [0, 0.05) is 6.20 Å². The van der Waals surface area contributed by atoms with Crippen LogP contribution in [0.2, 0.25) is 5.02 Å². The third-order valence-corrected chi connectivity index (χ3v) is 3.05. The number of carboxylic acid groups (broad SMARTS) is 1. The van der Waals surface area contributed by atoms with E-state index in [4.69, 9.17) is 16.7 Å². The van der Waals surface area contributed by atoms with Crippen molar-refractivity contribution < 1.29 is 14.3 Å². The monoisotopic (exact) mass is 281 g/mol. The van der Waals surface area contributed by atoms with E-state index in [2.05, 4.69) is 0 Å². The second-order valence-electron chi connectivity index (χ2n) is 3.87. The number of pyridine rings is 1. The fraction of sp³-hybridized carbons (Fsp3) is 0.0769. The molecule has 0 bridgehead atoms. The van der Waals surface area contributed by atoms with Gasteiger partial charge in [0.25, 0.3) is 5.56 Å². The molecule has 1 aromatic carbocycles. The van der Waals surface area contributed by atoms with Crippen LogP contribution >= 0.6 is 11.6 Å². The molecule has 0 fully saturated rings. The molecule has 1 aromatic heterocycles. The van der Waals surface area contributed by atoms with Crippen molar-refractivity contribution in [3.05, 3.63) is 68.8 Å². The zero-order valence-electron chi connectivity index (χ0n) is 9.64. The summed E-state index contributed by atoms with van der Waals surface area (Å²) >= 11 is 5.79. The van der Waals surface area contributed by atoms with E-state index in [9.17, 15) is 14.0 Å². The maximum Gasteiger partial charge on any atom is 0.341 e. The summed E-state index contributed by atoms with van der Waals surface area (Å²) in [6.07, 6.45) is 1.43. The number of rotatable bonds is 3. The molecule has 1 heterocycles. The van der Waals surface area contributed by atoms with Crippen molar-refractivity contribution in [2.75, 3.05) is 0 Å². The van der Waals surface area contributed by atoms with Crippen molar-refractivity contribution in [3.63, 3.8) is 0 Å². The topological polar surface area (TPSA) is 59.3 Å². The van der Waals surface area contributed by atoms with Gasteiger partial charge in [-0.05, 0) is 23.8 Å². The molecule has 0 unspecified atom stereocenters. The first-order valence-electron chi connectivity index (χ1n) is 5.36. The minimum atomic E-state index is -1.30. The zero-order valence-corrected chi connectivity index (χ0v) is 10.4. The third-order valence-electron chi connectivity index (χ3n) is 2.62. The molecule has 0 spiro atoms. The summed E-state index contributed by atoms with van der Waals surface area (Å²) in [6.45, 7) is 0.0105. The molecule has 19 heavy (non-hydrogen) atoms. The average Bonchev–Trinajstić information content (AvgIpc) is 2.37. The predicted octanol–water partition coefficient (Wildman–Crippen LogP) is 2.39. The molecule has 0 aliphatic rings. The first-order valence-corrected chi connectivity index (χ1v) is 5.74. The molecule has 98 valence electrons. The van der Waals surface area contributed by atoms with Crippen LogP contribution in [0.15, 0.2) is 41.3 Å². The highest BCUT2D eigenvalue weighted by atomic mass is 35.5. The predicted molar refractivity (Wildman–Crippen MR) is 68.2 cm³/mol. The molecule has 2 rings (SSSR count). The van der Waals surface area contributed by atoms with Gasteiger partial charge in [-0.15, -0.1) is 0 Å². The lowest BCUT2D eigenvalue weighted by Crippen LogP contribution is -2.26. The fourth-order valence-electron chi connectivity index (χ4n) is 1.68. The highest BCUT2D eigenvalue weighted by molar-refractivity contribution is 6.31. The Kier molecular flexibility index (Phi) is 3.66. The first-order chi connectivity index (χ1) is 9.00. The molecule has 0 atom stereocenters. The van der Waals surface area contributed by atoms with Crippen LogP contribution in [-0.4, -0.2) is 15.6 Å². The summed E-state index contributed by atoms with van der Waals surface area (Å²) in [5, 5.41) is 8.78. The number of carbonyl (C=O) groups is 1. The largest absolute Gasteiger partial charge is 0.477 e. The molecule has 2 aromatic rings. The van der Waals surface area contributed by atoms with Crippen LogP contribution in [0, 0.1) is 5.82 Å². The molecular weight excluding hydrogens is 273 g/mol. The summed E-state index contributed by atoms with van der Waals surface area (Å²) in [5.74, 6) is -1.88. The van der Waals surface area contributed by atoms with Gasteiger partial charge in [0.1, 0.15) is 11.4 Å². The van der Waals surface area contributed by atoms with E-state index in [0.29, 0.717) is 5.56 Å². The van der Waals surface area contributed by atoms with Crippen LogP contribution < -0.4 is 5.56 Å². The Hall–Kier alpha value is -2.14. The van der Waals surface area contributed by atoms with E-state index in [0.717, 1.165) is 0 Å². The Morgan fingerprint density at radius 2 is 2.05 bits per heavy atom. The van der Waals surface area contributed by atoms with E-state index in [1.807, 2.05) is 0 Å². The summed E-state index contributed by atoms with van der Waals surface area (Å²) in [6, 6.07) is 6.92. The lowest BCUT2D eigenvalue weighted by atomic mass is 10.2. The Bertz CT molecular complexity index is 697. The number of carboxylic acids is 1. The summed E-state index contributed by atoms with van der Waals surface area (Å²) in [5.41, 5.74) is -0.586. The molecule has 0 saturated carbocycles. The van der Waals surface area contributed by atoms with E-state index in [-0.39, 0.29) is 17.1 Å². The number of hydrogen-bond donors (Lipinski definition) is 1. The molecule has 6 heteroatoms. The molecule has 0 amide bonds. The molecule has 1 N–H and O–H groups in total. The average molecular weight is 282 g/mol. The van der Waals surface area contributed by atoms with Crippen molar-refractivity contribution in [1.29, 1.82) is 0 Å². The minimum absolute atomic E-state index is 0.0105. The van der Waals surface area contributed by atoms with Crippen molar-refractivity contribution >= 4 is 17.6 Å². The Morgan fingerprint density at radius 1 is 1.32 bits per heavy atom. The first kappa shape index (κ1) is 13.3. The Labute approximate surface area is 112 Å². The SMILES string of the molecule is O=C(O)c1cccn(Cc2cccc(F)c2Cl)c1=O. The van der Waals surface area contributed by atoms with Gasteiger partial charge in [0.15, 0.2) is 0 Å². The molecule has 0 aliphatic carbocycles. The number of halogens is 2. The number of benzene rings is 1. The quantitative estimate of drug-likeness (QED) is 0.940. The maximum atomic E-state index is 13.3. The number of aromatic carboxylic acids is 1. The van der Waals surface area contributed by atoms with Gasteiger partial charge >= 0.3 is 5.97 Å². The number of hydrogen-bond acceptors (Lipinski definition) is 2. The normalized spacial score (nSPS) is 10.4. The second kappa shape index (κ2) is 5.24. The van der Waals surface area contributed by atoms with Crippen molar-refractivity contribution in [1.82, 2.24) is 4.57 Å². The second-order valence-corrected chi connectivity index (χ2v) is 4.25. The molecule has 0 saturated heterocycles. The highest BCUT2D eigenvalue weighted by Gasteiger charge is 2.12. The highest BCUT2D eigenvalue weighted by Crippen LogP contribution is 2.20. The molecule has 0 aliphatic heterocycles. The summed E-state index contributed by atoms with van der Waals surface area (Å²) in [7, 11) is 0. The molecular formula is C13H9ClFNO3. The zero-order chi connectivity index (χ0) is 14.0. The molecule has 0 radical (unpaired) electrons. The van der Waals surface area contributed by atoms with Gasteiger partial charge in [0.2, 0.25) is 0 Å². The van der Waals surface area contributed by atoms with Crippen LogP contribution in [0.25, 0.3) is 0 Å². The van der Waals surface area contributed by atoms with E-state index >= 15 is 0 Å². The minimum Gasteiger partial charge on any atom is -0.477 e. The smallest absolute Gasteiger partial charge is 0.341 e. The van der Waals surface area contributed by atoms with Crippen molar-refractivity contribution in [3.8, 4) is 0 Å². The number of nitrogens with zero attached hydrogens (tertiary/aromatic N) is 1. The Morgan fingerprint density at radius 3 is 2.74 bits per heavy atom. The van der Waals surface area contributed by atoms with E-state index in [1.54, 1.807) is 6.07 Å². The number of aromatic nitrogens is 1. The lowest BCUT2D eigenvalue weighted by Gasteiger charge is -2.08. The summed E-state index contributed by atoms with van der Waals surface area (Å²) in [4.78, 5) is 22.7. The van der Waals surface area contributed by atoms with Gasteiger partial charge in [-0.1, -0.05) is 23.7 Å². The van der Waals surface area contributed by atoms with Crippen LogP contribution in [0.3, 0.4) is 0 Å². The molecule has 4 nitrogen and oxygen atoms in total. The van der Waals surface area contributed by atoms with Crippen LogP contribution in [0.1, 0.15) is 15.9 Å².